The maximum absolute atomic E-state index is 12.9. The molecular weight excluding hydrogens is 416 g/mol. The summed E-state index contributed by atoms with van der Waals surface area (Å²) in [7, 11) is -3.78. The van der Waals surface area contributed by atoms with Gasteiger partial charge in [-0.05, 0) is 61.4 Å². The van der Waals surface area contributed by atoms with Gasteiger partial charge in [0.15, 0.2) is 5.82 Å². The van der Waals surface area contributed by atoms with Crippen LogP contribution in [-0.2, 0) is 21.2 Å². The molecule has 1 aliphatic rings. The molecular formula is C22H24N4O4S. The van der Waals surface area contributed by atoms with E-state index >= 15 is 0 Å². The summed E-state index contributed by atoms with van der Waals surface area (Å²) in [4.78, 5) is 18.1. The first-order valence-corrected chi connectivity index (χ1v) is 11.5. The number of anilines is 2. The van der Waals surface area contributed by atoms with E-state index in [0.29, 0.717) is 29.4 Å². The van der Waals surface area contributed by atoms with Crippen LogP contribution in [-0.4, -0.2) is 30.5 Å². The van der Waals surface area contributed by atoms with Crippen molar-refractivity contribution in [2.75, 3.05) is 9.62 Å². The van der Waals surface area contributed by atoms with Gasteiger partial charge in [0.2, 0.25) is 5.91 Å². The Kier molecular flexibility index (Phi) is 5.30. The van der Waals surface area contributed by atoms with Gasteiger partial charge >= 0.3 is 0 Å². The monoisotopic (exact) mass is 440 g/mol. The standard InChI is InChI=1S/C22H24N4O4S/c1-13(2)21-23-22(30-24-21)16-5-7-18(8-6-16)25-31(28,29)19-9-10-20-17(12-19)11-14(3)26(20)15(4)27/h5-10,12-14,25H,11H2,1-4H3. The van der Waals surface area contributed by atoms with E-state index < -0.39 is 10.0 Å². The summed E-state index contributed by atoms with van der Waals surface area (Å²) in [6.45, 7) is 7.41. The molecule has 0 bridgehead atoms. The summed E-state index contributed by atoms with van der Waals surface area (Å²) in [6.07, 6.45) is 0.621. The molecule has 2 aromatic carbocycles. The lowest BCUT2D eigenvalue weighted by atomic mass is 10.1. The molecule has 0 aliphatic carbocycles. The van der Waals surface area contributed by atoms with Crippen molar-refractivity contribution in [1.82, 2.24) is 10.1 Å². The molecule has 1 aliphatic heterocycles. The summed E-state index contributed by atoms with van der Waals surface area (Å²) in [5, 5.41) is 3.94. The zero-order valence-electron chi connectivity index (χ0n) is 17.8. The van der Waals surface area contributed by atoms with Crippen molar-refractivity contribution in [3.05, 3.63) is 53.9 Å². The van der Waals surface area contributed by atoms with Gasteiger partial charge in [-0.2, -0.15) is 4.98 Å². The number of hydrogen-bond acceptors (Lipinski definition) is 6. The van der Waals surface area contributed by atoms with Crippen molar-refractivity contribution in [2.24, 2.45) is 0 Å². The van der Waals surface area contributed by atoms with E-state index in [2.05, 4.69) is 14.9 Å². The van der Waals surface area contributed by atoms with Crippen LogP contribution in [0.1, 0.15) is 45.0 Å². The fourth-order valence-corrected chi connectivity index (χ4v) is 4.84. The van der Waals surface area contributed by atoms with E-state index in [-0.39, 0.29) is 22.8 Å². The molecule has 1 atom stereocenters. The summed E-state index contributed by atoms with van der Waals surface area (Å²) in [5.74, 6) is 1.11. The number of fused-ring (bicyclic) bond motifs is 1. The van der Waals surface area contributed by atoms with Crippen LogP contribution >= 0.6 is 0 Å². The second-order valence-corrected chi connectivity index (χ2v) is 9.71. The maximum atomic E-state index is 12.9. The first-order chi connectivity index (χ1) is 14.7. The van der Waals surface area contributed by atoms with E-state index in [4.69, 9.17) is 4.52 Å². The summed E-state index contributed by atoms with van der Waals surface area (Å²) >= 11 is 0. The molecule has 162 valence electrons. The Balaban J connectivity index is 1.54. The Morgan fingerprint density at radius 2 is 1.90 bits per heavy atom. The highest BCUT2D eigenvalue weighted by Gasteiger charge is 2.30. The van der Waals surface area contributed by atoms with Crippen LogP contribution < -0.4 is 9.62 Å². The van der Waals surface area contributed by atoms with Crippen LogP contribution in [0.2, 0.25) is 0 Å². The molecule has 8 nitrogen and oxygen atoms in total. The number of amides is 1. The number of sulfonamides is 1. The lowest BCUT2D eigenvalue weighted by Gasteiger charge is -2.20. The minimum atomic E-state index is -3.78. The Bertz CT molecular complexity index is 1230. The van der Waals surface area contributed by atoms with Crippen molar-refractivity contribution in [3.63, 3.8) is 0 Å². The largest absolute Gasteiger partial charge is 0.334 e. The van der Waals surface area contributed by atoms with Gasteiger partial charge in [-0.3, -0.25) is 9.52 Å². The number of rotatable bonds is 5. The van der Waals surface area contributed by atoms with E-state index in [0.717, 1.165) is 11.3 Å². The Hall–Kier alpha value is -3.20. The fourth-order valence-electron chi connectivity index (χ4n) is 3.74. The molecule has 2 heterocycles. The lowest BCUT2D eigenvalue weighted by molar-refractivity contribution is -0.116. The summed E-state index contributed by atoms with van der Waals surface area (Å²) < 4.78 is 33.7. The molecule has 0 spiro atoms. The highest BCUT2D eigenvalue weighted by molar-refractivity contribution is 7.92. The van der Waals surface area contributed by atoms with Crippen molar-refractivity contribution in [1.29, 1.82) is 0 Å². The van der Waals surface area contributed by atoms with Crippen molar-refractivity contribution >= 4 is 27.3 Å². The zero-order chi connectivity index (χ0) is 22.3. The van der Waals surface area contributed by atoms with Crippen molar-refractivity contribution in [2.45, 2.75) is 51.0 Å². The van der Waals surface area contributed by atoms with Crippen molar-refractivity contribution in [3.8, 4) is 11.5 Å². The van der Waals surface area contributed by atoms with E-state index in [1.807, 2.05) is 20.8 Å². The number of benzene rings is 2. The molecule has 9 heteroatoms. The predicted octanol–water partition coefficient (Wildman–Crippen LogP) is 3.96. The quantitative estimate of drug-likeness (QED) is 0.644. The lowest BCUT2D eigenvalue weighted by Crippen LogP contribution is -2.33. The number of aromatic nitrogens is 2. The average molecular weight is 441 g/mol. The molecule has 1 unspecified atom stereocenters. The predicted molar refractivity (Wildman–Crippen MR) is 117 cm³/mol. The third-order valence-corrected chi connectivity index (χ3v) is 6.64. The van der Waals surface area contributed by atoms with E-state index in [1.165, 1.54) is 13.0 Å². The van der Waals surface area contributed by atoms with Crippen LogP contribution in [0.25, 0.3) is 11.5 Å². The third kappa shape index (κ3) is 4.05. The van der Waals surface area contributed by atoms with Crippen LogP contribution in [0.4, 0.5) is 11.4 Å². The average Bonchev–Trinajstić information content (AvgIpc) is 3.31. The number of nitrogens with zero attached hydrogens (tertiary/aromatic N) is 3. The molecule has 0 saturated heterocycles. The SMILES string of the molecule is CC(=O)N1c2ccc(S(=O)(=O)Nc3ccc(-c4nc(C(C)C)no4)cc3)cc2CC1C. The second kappa shape index (κ2) is 7.81. The van der Waals surface area contributed by atoms with E-state index in [9.17, 15) is 13.2 Å². The molecule has 1 N–H and O–H groups in total. The summed E-state index contributed by atoms with van der Waals surface area (Å²) in [5.41, 5.74) is 2.74. The zero-order valence-corrected chi connectivity index (χ0v) is 18.6. The van der Waals surface area contributed by atoms with Gasteiger partial charge in [0.1, 0.15) is 0 Å². The van der Waals surface area contributed by atoms with Crippen LogP contribution in [0, 0.1) is 0 Å². The normalized spacial score (nSPS) is 15.9. The second-order valence-electron chi connectivity index (χ2n) is 8.03. The molecule has 3 aromatic rings. The Morgan fingerprint density at radius 1 is 1.19 bits per heavy atom. The number of hydrogen-bond donors (Lipinski definition) is 1. The van der Waals surface area contributed by atoms with Gasteiger partial charge in [-0.1, -0.05) is 19.0 Å². The minimum Gasteiger partial charge on any atom is -0.334 e. The van der Waals surface area contributed by atoms with Crippen LogP contribution in [0.5, 0.6) is 0 Å². The topological polar surface area (TPSA) is 105 Å². The molecule has 0 saturated carbocycles. The maximum Gasteiger partial charge on any atom is 0.261 e. The van der Waals surface area contributed by atoms with Crippen LogP contribution in [0.3, 0.4) is 0 Å². The number of nitrogens with one attached hydrogen (secondary N) is 1. The molecule has 0 fully saturated rings. The van der Waals surface area contributed by atoms with Gasteiger partial charge in [-0.25, -0.2) is 8.42 Å². The van der Waals surface area contributed by atoms with Crippen LogP contribution in [0.15, 0.2) is 51.9 Å². The first kappa shape index (κ1) is 21.0. The number of carbonyl (C=O) groups is 1. The van der Waals surface area contributed by atoms with Gasteiger partial charge < -0.3 is 9.42 Å². The third-order valence-electron chi connectivity index (χ3n) is 5.26. The minimum absolute atomic E-state index is 0.00636. The Morgan fingerprint density at radius 3 is 2.52 bits per heavy atom. The smallest absolute Gasteiger partial charge is 0.261 e. The van der Waals surface area contributed by atoms with Gasteiger partial charge in [0.25, 0.3) is 15.9 Å². The van der Waals surface area contributed by atoms with Crippen molar-refractivity contribution < 1.29 is 17.7 Å². The Labute approximate surface area is 181 Å². The highest BCUT2D eigenvalue weighted by atomic mass is 32.2. The molecule has 4 rings (SSSR count). The van der Waals surface area contributed by atoms with Gasteiger partial charge in [-0.15, -0.1) is 0 Å². The molecule has 31 heavy (non-hydrogen) atoms. The first-order valence-electron chi connectivity index (χ1n) is 10.1. The molecule has 1 amide bonds. The van der Waals surface area contributed by atoms with Gasteiger partial charge in [0.05, 0.1) is 4.90 Å². The number of carbonyl (C=O) groups excluding carboxylic acids is 1. The molecule has 0 radical (unpaired) electrons. The molecule has 1 aromatic heterocycles. The van der Waals surface area contributed by atoms with E-state index in [1.54, 1.807) is 41.3 Å². The van der Waals surface area contributed by atoms with Gasteiger partial charge in [0, 0.05) is 35.8 Å². The highest BCUT2D eigenvalue weighted by Crippen LogP contribution is 2.34. The fraction of sp³-hybridized carbons (Fsp3) is 0.318. The summed E-state index contributed by atoms with van der Waals surface area (Å²) in [6, 6.07) is 11.6.